The van der Waals surface area contributed by atoms with Gasteiger partial charge in [-0.3, -0.25) is 14.5 Å². The first-order chi connectivity index (χ1) is 14.9. The van der Waals surface area contributed by atoms with E-state index in [9.17, 15) is 9.59 Å². The van der Waals surface area contributed by atoms with Crippen LogP contribution in [0.3, 0.4) is 0 Å². The van der Waals surface area contributed by atoms with Gasteiger partial charge in [-0.15, -0.1) is 0 Å². The Hall–Kier alpha value is -2.44. The van der Waals surface area contributed by atoms with Crippen molar-refractivity contribution in [2.45, 2.75) is 46.3 Å². The molecule has 0 aliphatic carbocycles. The van der Waals surface area contributed by atoms with Crippen LogP contribution in [0.5, 0.6) is 0 Å². The van der Waals surface area contributed by atoms with Gasteiger partial charge in [0.05, 0.1) is 12.6 Å². The number of carbonyl (C=O) groups is 2. The third-order valence-electron chi connectivity index (χ3n) is 6.66. The first kappa shape index (κ1) is 21.8. The van der Waals surface area contributed by atoms with Crippen molar-refractivity contribution in [2.75, 3.05) is 44.2 Å². The van der Waals surface area contributed by atoms with E-state index in [0.29, 0.717) is 6.54 Å². The van der Waals surface area contributed by atoms with Crippen LogP contribution in [-0.4, -0.2) is 66.5 Å². The van der Waals surface area contributed by atoms with Gasteiger partial charge in [0.25, 0.3) is 0 Å². The number of benzene rings is 1. The van der Waals surface area contributed by atoms with Crippen LogP contribution in [0.25, 0.3) is 0 Å². The maximum absolute atomic E-state index is 13.1. The predicted molar refractivity (Wildman–Crippen MR) is 122 cm³/mol. The summed E-state index contributed by atoms with van der Waals surface area (Å²) in [6.45, 7) is 11.3. The molecule has 1 aromatic heterocycles. The van der Waals surface area contributed by atoms with E-state index in [0.717, 1.165) is 80.4 Å². The van der Waals surface area contributed by atoms with E-state index in [1.807, 2.05) is 30.3 Å². The summed E-state index contributed by atoms with van der Waals surface area (Å²) in [5.74, 6) is 0.288. The number of ether oxygens (including phenoxy) is 1. The quantitative estimate of drug-likeness (QED) is 0.638. The summed E-state index contributed by atoms with van der Waals surface area (Å²) in [4.78, 5) is 29.1. The molecule has 0 saturated carbocycles. The number of carbonyl (C=O) groups excluding carboxylic acids is 2. The van der Waals surface area contributed by atoms with E-state index in [-0.39, 0.29) is 17.7 Å². The normalized spacial score (nSPS) is 19.7. The number of anilines is 1. The zero-order valence-electron chi connectivity index (χ0n) is 18.9. The van der Waals surface area contributed by atoms with Gasteiger partial charge in [0.15, 0.2) is 11.6 Å². The Labute approximate surface area is 184 Å². The molecule has 2 aliphatic rings. The molecule has 0 radical (unpaired) electrons. The van der Waals surface area contributed by atoms with Gasteiger partial charge in [0.2, 0.25) is 0 Å². The molecule has 4 rings (SSSR count). The zero-order chi connectivity index (χ0) is 22.0. The van der Waals surface area contributed by atoms with Crippen molar-refractivity contribution in [3.8, 4) is 0 Å². The number of Topliss-reactive ketones (excluding diaryl/α,β-unsaturated/α-hetero) is 2. The number of piperazine rings is 1. The van der Waals surface area contributed by atoms with Crippen LogP contribution in [0.15, 0.2) is 30.3 Å². The first-order valence-corrected chi connectivity index (χ1v) is 11.3. The van der Waals surface area contributed by atoms with Crippen LogP contribution < -0.4 is 4.90 Å². The minimum Gasteiger partial charge on any atom is -0.376 e. The highest BCUT2D eigenvalue weighted by Crippen LogP contribution is 2.22. The largest absolute Gasteiger partial charge is 0.376 e. The van der Waals surface area contributed by atoms with Gasteiger partial charge in [-0.2, -0.15) is 0 Å². The highest BCUT2D eigenvalue weighted by atomic mass is 16.5. The summed E-state index contributed by atoms with van der Waals surface area (Å²) in [5.41, 5.74) is 4.91. The molecule has 1 atom stereocenters. The molecule has 0 N–H and O–H groups in total. The second-order valence-electron chi connectivity index (χ2n) is 8.82. The van der Waals surface area contributed by atoms with E-state index in [1.54, 1.807) is 6.92 Å². The fourth-order valence-corrected chi connectivity index (χ4v) is 4.72. The number of rotatable bonds is 7. The highest BCUT2D eigenvalue weighted by Gasteiger charge is 2.24. The van der Waals surface area contributed by atoms with Crippen LogP contribution in [0, 0.1) is 13.8 Å². The Bertz CT molecular complexity index is 934. The van der Waals surface area contributed by atoms with Gasteiger partial charge >= 0.3 is 0 Å². The summed E-state index contributed by atoms with van der Waals surface area (Å²) in [5, 5.41) is 0. The van der Waals surface area contributed by atoms with Crippen molar-refractivity contribution >= 4 is 17.3 Å². The van der Waals surface area contributed by atoms with Crippen LogP contribution >= 0.6 is 0 Å². The number of aryl methyl sites for hydroxylation is 1. The van der Waals surface area contributed by atoms with Gasteiger partial charge in [-0.05, 0) is 63.9 Å². The fourth-order valence-electron chi connectivity index (χ4n) is 4.72. The molecule has 2 saturated heterocycles. The van der Waals surface area contributed by atoms with Crippen LogP contribution in [0.4, 0.5) is 5.69 Å². The Balaban J connectivity index is 1.33. The summed E-state index contributed by atoms with van der Waals surface area (Å²) in [7, 11) is 0. The first-order valence-electron chi connectivity index (χ1n) is 11.3. The summed E-state index contributed by atoms with van der Waals surface area (Å²) >= 11 is 0. The van der Waals surface area contributed by atoms with Crippen LogP contribution in [0.2, 0.25) is 0 Å². The molecule has 3 heterocycles. The van der Waals surface area contributed by atoms with E-state index in [1.165, 1.54) is 0 Å². The monoisotopic (exact) mass is 423 g/mol. The molecule has 6 heteroatoms. The van der Waals surface area contributed by atoms with Gasteiger partial charge in [0.1, 0.15) is 0 Å². The molecule has 1 aromatic carbocycles. The molecule has 0 bridgehead atoms. The van der Waals surface area contributed by atoms with E-state index >= 15 is 0 Å². The Kier molecular flexibility index (Phi) is 6.58. The summed E-state index contributed by atoms with van der Waals surface area (Å²) in [6, 6.07) is 9.85. The van der Waals surface area contributed by atoms with Crippen molar-refractivity contribution in [3.05, 3.63) is 52.8 Å². The van der Waals surface area contributed by atoms with E-state index < -0.39 is 0 Å². The van der Waals surface area contributed by atoms with Gasteiger partial charge < -0.3 is 14.2 Å². The van der Waals surface area contributed by atoms with Gasteiger partial charge in [0, 0.05) is 67.5 Å². The number of hydrogen-bond acceptors (Lipinski definition) is 5. The third kappa shape index (κ3) is 4.91. The Morgan fingerprint density at radius 2 is 1.77 bits per heavy atom. The van der Waals surface area contributed by atoms with Crippen molar-refractivity contribution in [2.24, 2.45) is 0 Å². The van der Waals surface area contributed by atoms with Gasteiger partial charge in [-0.25, -0.2) is 0 Å². The van der Waals surface area contributed by atoms with Crippen molar-refractivity contribution in [3.63, 3.8) is 0 Å². The van der Waals surface area contributed by atoms with Crippen molar-refractivity contribution < 1.29 is 14.3 Å². The number of aromatic nitrogens is 1. The second-order valence-corrected chi connectivity index (χ2v) is 8.82. The standard InChI is InChI=1S/C25H33N3O3/c1-18-15-24(19(2)28(18)16-23-5-4-14-31-23)25(30)17-26-10-12-27(13-11-26)22-8-6-21(7-9-22)20(3)29/h6-9,15,23H,4-5,10-14,16-17H2,1-3H3/t23-/m1/s1. The predicted octanol–water partition coefficient (Wildman–Crippen LogP) is 3.49. The summed E-state index contributed by atoms with van der Waals surface area (Å²) < 4.78 is 8.03. The number of nitrogens with zero attached hydrogens (tertiary/aromatic N) is 3. The molecule has 166 valence electrons. The molecule has 0 unspecified atom stereocenters. The maximum atomic E-state index is 13.1. The molecule has 31 heavy (non-hydrogen) atoms. The number of hydrogen-bond donors (Lipinski definition) is 0. The van der Waals surface area contributed by atoms with Crippen molar-refractivity contribution in [1.82, 2.24) is 9.47 Å². The third-order valence-corrected chi connectivity index (χ3v) is 6.66. The maximum Gasteiger partial charge on any atom is 0.178 e. The number of ketones is 2. The average molecular weight is 424 g/mol. The lowest BCUT2D eigenvalue weighted by Gasteiger charge is -2.35. The lowest BCUT2D eigenvalue weighted by atomic mass is 10.1. The van der Waals surface area contributed by atoms with Crippen LogP contribution in [0.1, 0.15) is 51.9 Å². The molecule has 2 fully saturated rings. The summed E-state index contributed by atoms with van der Waals surface area (Å²) in [6.07, 6.45) is 2.50. The molecule has 0 spiro atoms. The SMILES string of the molecule is CC(=O)c1ccc(N2CCN(CC(=O)c3cc(C)n(C[C@H]4CCCO4)c3C)CC2)cc1. The molecule has 2 aromatic rings. The minimum absolute atomic E-state index is 0.0880. The molecule has 2 aliphatic heterocycles. The molecular formula is C25H33N3O3. The lowest BCUT2D eigenvalue weighted by Crippen LogP contribution is -2.48. The van der Waals surface area contributed by atoms with E-state index in [4.69, 9.17) is 4.74 Å². The average Bonchev–Trinajstić information content (AvgIpc) is 3.38. The van der Waals surface area contributed by atoms with Crippen LogP contribution in [-0.2, 0) is 11.3 Å². The molecular weight excluding hydrogens is 390 g/mol. The topological polar surface area (TPSA) is 54.8 Å². The molecule has 0 amide bonds. The Morgan fingerprint density at radius 3 is 2.39 bits per heavy atom. The van der Waals surface area contributed by atoms with Crippen molar-refractivity contribution in [1.29, 1.82) is 0 Å². The zero-order valence-corrected chi connectivity index (χ0v) is 18.9. The van der Waals surface area contributed by atoms with E-state index in [2.05, 4.69) is 28.2 Å². The fraction of sp³-hybridized carbons (Fsp3) is 0.520. The minimum atomic E-state index is 0.0880. The highest BCUT2D eigenvalue weighted by molar-refractivity contribution is 5.99. The lowest BCUT2D eigenvalue weighted by molar-refractivity contribution is 0.0918. The Morgan fingerprint density at radius 1 is 1.06 bits per heavy atom. The van der Waals surface area contributed by atoms with Gasteiger partial charge in [-0.1, -0.05) is 0 Å². The smallest absolute Gasteiger partial charge is 0.178 e. The molecule has 6 nitrogen and oxygen atoms in total. The second kappa shape index (κ2) is 9.37.